The van der Waals surface area contributed by atoms with E-state index in [0.717, 1.165) is 27.9 Å². The second kappa shape index (κ2) is 16.7. The van der Waals surface area contributed by atoms with Crippen LogP contribution in [0.2, 0.25) is 0 Å². The second-order valence-electron chi connectivity index (χ2n) is 10.9. The van der Waals surface area contributed by atoms with Crippen LogP contribution in [0.3, 0.4) is 0 Å². The fourth-order valence-electron chi connectivity index (χ4n) is 5.46. The van der Waals surface area contributed by atoms with E-state index in [0.29, 0.717) is 30.6 Å². The number of rotatable bonds is 14. The summed E-state index contributed by atoms with van der Waals surface area (Å²) in [5.74, 6) is -1.78. The average Bonchev–Trinajstić information content (AvgIpc) is 3.32. The zero-order valence-corrected chi connectivity index (χ0v) is 24.4. The molecule has 44 heavy (non-hydrogen) atoms. The number of amides is 1. The third-order valence-electron chi connectivity index (χ3n) is 7.32. The number of carboxylic acids is 1. The molecular formula is C34H39FN3NaO5. The Kier molecular flexibility index (Phi) is 13.3. The number of carbonyl (C=O) groups excluding carboxylic acids is 1. The zero-order chi connectivity index (χ0) is 30.9. The number of carboxylic acid groups (broad SMARTS) is 1. The summed E-state index contributed by atoms with van der Waals surface area (Å²) in [6.07, 6.45) is 1.92. The number of aliphatic carboxylic acids is 1. The Morgan fingerprint density at radius 1 is 0.909 bits per heavy atom. The van der Waals surface area contributed by atoms with E-state index in [9.17, 15) is 24.2 Å². The van der Waals surface area contributed by atoms with E-state index in [1.165, 1.54) is 12.1 Å². The molecule has 0 saturated carbocycles. The second-order valence-corrected chi connectivity index (χ2v) is 10.9. The van der Waals surface area contributed by atoms with Gasteiger partial charge in [0.05, 0.1) is 18.6 Å². The summed E-state index contributed by atoms with van der Waals surface area (Å²) in [6, 6.07) is 19.3. The molecule has 4 aromatic rings. The number of nitrogens with zero attached hydrogens (tertiary/aromatic N) is 2. The number of aliphatic hydroxyl groups is 2. The van der Waals surface area contributed by atoms with Gasteiger partial charge in [-0.3, -0.25) is 14.6 Å². The van der Waals surface area contributed by atoms with Crippen molar-refractivity contribution in [3.8, 4) is 22.3 Å². The van der Waals surface area contributed by atoms with Crippen molar-refractivity contribution in [2.75, 3.05) is 6.54 Å². The van der Waals surface area contributed by atoms with E-state index in [1.807, 2.05) is 60.9 Å². The first kappa shape index (κ1) is 35.1. The van der Waals surface area contributed by atoms with Gasteiger partial charge in [-0.25, -0.2) is 4.39 Å². The van der Waals surface area contributed by atoms with Gasteiger partial charge < -0.3 is 25.2 Å². The molecule has 0 aliphatic heterocycles. The van der Waals surface area contributed by atoms with Gasteiger partial charge in [0, 0.05) is 41.8 Å². The molecule has 0 fully saturated rings. The van der Waals surface area contributed by atoms with Crippen molar-refractivity contribution < 1.29 is 29.3 Å². The van der Waals surface area contributed by atoms with Gasteiger partial charge in [0.15, 0.2) is 0 Å². The molecule has 2 heterocycles. The summed E-state index contributed by atoms with van der Waals surface area (Å²) in [4.78, 5) is 29.2. The Hall–Kier alpha value is -3.34. The van der Waals surface area contributed by atoms with Gasteiger partial charge in [-0.05, 0) is 74.4 Å². The van der Waals surface area contributed by atoms with Crippen LogP contribution in [0.5, 0.6) is 0 Å². The molecule has 8 nitrogen and oxygen atoms in total. The van der Waals surface area contributed by atoms with E-state index in [2.05, 4.69) is 10.3 Å². The van der Waals surface area contributed by atoms with Gasteiger partial charge in [-0.2, -0.15) is 0 Å². The molecule has 2 atom stereocenters. The van der Waals surface area contributed by atoms with Crippen LogP contribution in [0.1, 0.15) is 60.9 Å². The number of carbonyl (C=O) groups is 2. The third-order valence-corrected chi connectivity index (χ3v) is 7.32. The van der Waals surface area contributed by atoms with Gasteiger partial charge in [0.2, 0.25) is 0 Å². The molecule has 0 bridgehead atoms. The van der Waals surface area contributed by atoms with E-state index >= 15 is 0 Å². The molecule has 0 radical (unpaired) electrons. The van der Waals surface area contributed by atoms with Crippen LogP contribution in [0, 0.1) is 5.82 Å². The van der Waals surface area contributed by atoms with E-state index in [1.54, 1.807) is 24.5 Å². The summed E-state index contributed by atoms with van der Waals surface area (Å²) in [5, 5.41) is 32.9. The standard InChI is InChI=1S/C34H38FN3O5.Na.H/c1-22(2)38-29(15-14-27(39)19-28(40)20-30(41)42)31(25-10-12-26(35)13-11-25)32(24-8-4-3-5-9-24)33(38)34(43)37-18-16-23-7-6-17-36-21-23;;/h3-13,17,21-22,27-28,39-40H,14-16,18-20H2,1-2H3,(H,37,43)(H,41,42);;/t27-,28-;;/m1../s1. The predicted molar refractivity (Wildman–Crippen MR) is 170 cm³/mol. The topological polar surface area (TPSA) is 125 Å². The number of nitrogens with one attached hydrogen (secondary N) is 1. The van der Waals surface area contributed by atoms with Gasteiger partial charge in [-0.15, -0.1) is 0 Å². The molecule has 10 heteroatoms. The quantitative estimate of drug-likeness (QED) is 0.152. The van der Waals surface area contributed by atoms with Crippen molar-refractivity contribution in [3.63, 3.8) is 0 Å². The minimum atomic E-state index is -1.18. The molecule has 0 aliphatic rings. The fraction of sp³-hybridized carbons (Fsp3) is 0.324. The van der Waals surface area contributed by atoms with Gasteiger partial charge >= 0.3 is 35.5 Å². The summed E-state index contributed by atoms with van der Waals surface area (Å²) >= 11 is 0. The summed E-state index contributed by atoms with van der Waals surface area (Å²) < 4.78 is 16.0. The van der Waals surface area contributed by atoms with E-state index in [4.69, 9.17) is 5.11 Å². The number of aliphatic hydroxyl groups excluding tert-OH is 2. The number of halogens is 1. The molecule has 4 rings (SSSR count). The summed E-state index contributed by atoms with van der Waals surface area (Å²) in [7, 11) is 0. The fourth-order valence-corrected chi connectivity index (χ4v) is 5.46. The molecule has 228 valence electrons. The van der Waals surface area contributed by atoms with Gasteiger partial charge in [-0.1, -0.05) is 48.5 Å². The zero-order valence-electron chi connectivity index (χ0n) is 24.4. The molecule has 4 N–H and O–H groups in total. The van der Waals surface area contributed by atoms with Crippen molar-refractivity contribution in [3.05, 3.63) is 102 Å². The van der Waals surface area contributed by atoms with E-state index in [-0.39, 0.29) is 60.2 Å². The normalized spacial score (nSPS) is 12.4. The number of pyridine rings is 1. The molecule has 0 spiro atoms. The third kappa shape index (κ3) is 9.09. The molecule has 2 aromatic carbocycles. The van der Waals surface area contributed by atoms with Crippen LogP contribution in [0.4, 0.5) is 4.39 Å². The number of hydrogen-bond acceptors (Lipinski definition) is 5. The first-order valence-corrected chi connectivity index (χ1v) is 14.5. The first-order valence-electron chi connectivity index (χ1n) is 14.5. The monoisotopic (exact) mass is 611 g/mol. The van der Waals surface area contributed by atoms with Crippen LogP contribution < -0.4 is 5.32 Å². The van der Waals surface area contributed by atoms with E-state index < -0.39 is 24.6 Å². The van der Waals surface area contributed by atoms with Gasteiger partial charge in [0.25, 0.3) is 5.91 Å². The Labute approximate surface area is 279 Å². The summed E-state index contributed by atoms with van der Waals surface area (Å²) in [6.45, 7) is 4.35. The van der Waals surface area contributed by atoms with Crippen LogP contribution in [-0.2, 0) is 17.6 Å². The predicted octanol–water partition coefficient (Wildman–Crippen LogP) is 4.78. The molecule has 1 amide bonds. The van der Waals surface area contributed by atoms with Crippen molar-refractivity contribution >= 4 is 41.4 Å². The maximum absolute atomic E-state index is 14.0. The van der Waals surface area contributed by atoms with Crippen LogP contribution >= 0.6 is 0 Å². The number of benzene rings is 2. The number of hydrogen-bond donors (Lipinski definition) is 4. The van der Waals surface area contributed by atoms with Crippen molar-refractivity contribution in [2.24, 2.45) is 0 Å². The SMILES string of the molecule is CC(C)n1c(CC[C@@H](O)C[C@@H](O)CC(=O)O)c(-c2ccc(F)cc2)c(-c2ccccc2)c1C(=O)NCCc1cccnc1.[NaH]. The molecule has 2 aromatic heterocycles. The Morgan fingerprint density at radius 2 is 1.59 bits per heavy atom. The summed E-state index contributed by atoms with van der Waals surface area (Å²) in [5.41, 5.74) is 5.24. The van der Waals surface area contributed by atoms with Gasteiger partial charge in [0.1, 0.15) is 11.5 Å². The minimum absolute atomic E-state index is 0. The van der Waals surface area contributed by atoms with Crippen LogP contribution in [0.15, 0.2) is 79.1 Å². The van der Waals surface area contributed by atoms with Crippen molar-refractivity contribution in [2.45, 2.75) is 64.2 Å². The first-order chi connectivity index (χ1) is 20.7. The molecule has 0 saturated heterocycles. The Morgan fingerprint density at radius 3 is 2.20 bits per heavy atom. The van der Waals surface area contributed by atoms with Crippen molar-refractivity contribution in [1.29, 1.82) is 0 Å². The molecule has 0 aliphatic carbocycles. The van der Waals surface area contributed by atoms with Crippen LogP contribution in [0.25, 0.3) is 22.3 Å². The van der Waals surface area contributed by atoms with Crippen LogP contribution in [-0.4, -0.2) is 85.1 Å². The molecule has 0 unspecified atom stereocenters. The van der Waals surface area contributed by atoms with Crippen molar-refractivity contribution in [1.82, 2.24) is 14.9 Å². The Bertz CT molecular complexity index is 1510. The molecular weight excluding hydrogens is 572 g/mol. The Balaban J connectivity index is 0.00000529. The average molecular weight is 612 g/mol. The number of aromatic nitrogens is 2. The maximum atomic E-state index is 14.0.